The molecule has 0 aliphatic carbocycles. The maximum atomic E-state index is 11.3. The number of esters is 1. The summed E-state index contributed by atoms with van der Waals surface area (Å²) in [5.41, 5.74) is 1.92. The first-order chi connectivity index (χ1) is 11.2. The second-order valence-electron chi connectivity index (χ2n) is 4.77. The molecule has 0 saturated carbocycles. The van der Waals surface area contributed by atoms with Gasteiger partial charge >= 0.3 is 5.97 Å². The molecule has 0 spiro atoms. The molecule has 120 valence electrons. The van der Waals surface area contributed by atoms with Crippen molar-refractivity contribution in [1.29, 1.82) is 0 Å². The van der Waals surface area contributed by atoms with Crippen molar-refractivity contribution in [3.63, 3.8) is 0 Å². The molecule has 0 aliphatic heterocycles. The van der Waals surface area contributed by atoms with Crippen molar-refractivity contribution in [2.45, 2.75) is 13.5 Å². The van der Waals surface area contributed by atoms with Crippen molar-refractivity contribution < 1.29 is 19.0 Å². The van der Waals surface area contributed by atoms with E-state index >= 15 is 0 Å². The standard InChI is InChI=1S/C19H20O4/c1-3-22-19(20)12-10-15-9-11-17(18(13-15)21-2)23-14-16-7-5-4-6-8-16/h4-13H,3,14H2,1-2H3/b12-10-. The quantitative estimate of drug-likeness (QED) is 0.575. The molecule has 0 atom stereocenters. The van der Waals surface area contributed by atoms with E-state index in [1.54, 1.807) is 20.1 Å². The molecule has 0 aliphatic rings. The van der Waals surface area contributed by atoms with Crippen LogP contribution in [0.4, 0.5) is 0 Å². The predicted octanol–water partition coefficient (Wildman–Crippen LogP) is 3.85. The van der Waals surface area contributed by atoms with Crippen LogP contribution in [-0.2, 0) is 16.1 Å². The lowest BCUT2D eigenvalue weighted by Gasteiger charge is -2.11. The lowest BCUT2D eigenvalue weighted by molar-refractivity contribution is -0.137. The number of ether oxygens (including phenoxy) is 3. The van der Waals surface area contributed by atoms with E-state index in [1.165, 1.54) is 6.08 Å². The van der Waals surface area contributed by atoms with Crippen molar-refractivity contribution in [1.82, 2.24) is 0 Å². The van der Waals surface area contributed by atoms with Gasteiger partial charge in [0, 0.05) is 6.08 Å². The summed E-state index contributed by atoms with van der Waals surface area (Å²) >= 11 is 0. The molecular weight excluding hydrogens is 292 g/mol. The molecule has 2 aromatic rings. The molecule has 0 bridgehead atoms. The molecule has 0 unspecified atom stereocenters. The molecule has 2 aromatic carbocycles. The minimum Gasteiger partial charge on any atom is -0.493 e. The summed E-state index contributed by atoms with van der Waals surface area (Å²) in [6, 6.07) is 15.4. The zero-order valence-corrected chi connectivity index (χ0v) is 13.3. The third-order valence-corrected chi connectivity index (χ3v) is 3.12. The van der Waals surface area contributed by atoms with E-state index in [2.05, 4.69) is 0 Å². The van der Waals surface area contributed by atoms with Gasteiger partial charge in [-0.1, -0.05) is 36.4 Å². The first-order valence-electron chi connectivity index (χ1n) is 7.42. The van der Waals surface area contributed by atoms with Gasteiger partial charge < -0.3 is 14.2 Å². The van der Waals surface area contributed by atoms with E-state index in [1.807, 2.05) is 48.5 Å². The van der Waals surface area contributed by atoms with Gasteiger partial charge in [-0.25, -0.2) is 4.79 Å². The smallest absolute Gasteiger partial charge is 0.330 e. The van der Waals surface area contributed by atoms with Crippen molar-refractivity contribution in [2.75, 3.05) is 13.7 Å². The van der Waals surface area contributed by atoms with Gasteiger partial charge in [0.15, 0.2) is 11.5 Å². The Morgan fingerprint density at radius 1 is 1.09 bits per heavy atom. The van der Waals surface area contributed by atoms with E-state index in [0.717, 1.165) is 11.1 Å². The first kappa shape index (κ1) is 16.6. The van der Waals surface area contributed by atoms with Gasteiger partial charge in [0.05, 0.1) is 13.7 Å². The number of hydrogen-bond donors (Lipinski definition) is 0. The summed E-state index contributed by atoms with van der Waals surface area (Å²) in [5.74, 6) is 0.910. The monoisotopic (exact) mass is 312 g/mol. The molecule has 0 aromatic heterocycles. The molecule has 23 heavy (non-hydrogen) atoms. The fraction of sp³-hybridized carbons (Fsp3) is 0.211. The Balaban J connectivity index is 2.05. The highest BCUT2D eigenvalue weighted by Crippen LogP contribution is 2.29. The Morgan fingerprint density at radius 3 is 2.57 bits per heavy atom. The lowest BCUT2D eigenvalue weighted by Crippen LogP contribution is -1.99. The Morgan fingerprint density at radius 2 is 1.87 bits per heavy atom. The molecule has 0 fully saturated rings. The van der Waals surface area contributed by atoms with Crippen LogP contribution in [0.15, 0.2) is 54.6 Å². The number of hydrogen-bond acceptors (Lipinski definition) is 4. The summed E-state index contributed by atoms with van der Waals surface area (Å²) in [5, 5.41) is 0. The van der Waals surface area contributed by atoms with E-state index < -0.39 is 0 Å². The minimum atomic E-state index is -0.365. The van der Waals surface area contributed by atoms with Crippen LogP contribution in [0.5, 0.6) is 11.5 Å². The van der Waals surface area contributed by atoms with Gasteiger partial charge in [0.2, 0.25) is 0 Å². The Kier molecular flexibility index (Phi) is 6.24. The normalized spacial score (nSPS) is 10.5. The topological polar surface area (TPSA) is 44.8 Å². The minimum absolute atomic E-state index is 0.360. The highest BCUT2D eigenvalue weighted by molar-refractivity contribution is 5.87. The summed E-state index contributed by atoms with van der Waals surface area (Å²) in [4.78, 5) is 11.3. The SMILES string of the molecule is CCOC(=O)/C=C\c1ccc(OCc2ccccc2)c(OC)c1. The molecule has 0 amide bonds. The Hall–Kier alpha value is -2.75. The number of methoxy groups -OCH3 is 1. The second-order valence-corrected chi connectivity index (χ2v) is 4.77. The van der Waals surface area contributed by atoms with E-state index in [9.17, 15) is 4.79 Å². The summed E-state index contributed by atoms with van der Waals surface area (Å²) in [6.07, 6.45) is 3.07. The molecule has 0 saturated heterocycles. The van der Waals surface area contributed by atoms with Crippen LogP contribution in [0.2, 0.25) is 0 Å². The van der Waals surface area contributed by atoms with Crippen molar-refractivity contribution >= 4 is 12.0 Å². The van der Waals surface area contributed by atoms with Crippen LogP contribution in [-0.4, -0.2) is 19.7 Å². The van der Waals surface area contributed by atoms with Gasteiger partial charge in [-0.05, 0) is 36.3 Å². The maximum Gasteiger partial charge on any atom is 0.330 e. The zero-order valence-electron chi connectivity index (χ0n) is 13.3. The average Bonchev–Trinajstić information content (AvgIpc) is 2.59. The van der Waals surface area contributed by atoms with Gasteiger partial charge in [-0.3, -0.25) is 0 Å². The van der Waals surface area contributed by atoms with E-state index in [4.69, 9.17) is 14.2 Å². The largest absolute Gasteiger partial charge is 0.493 e. The Labute approximate surface area is 136 Å². The maximum absolute atomic E-state index is 11.3. The molecule has 0 radical (unpaired) electrons. The van der Waals surface area contributed by atoms with Gasteiger partial charge in [0.25, 0.3) is 0 Å². The first-order valence-corrected chi connectivity index (χ1v) is 7.42. The lowest BCUT2D eigenvalue weighted by atomic mass is 10.2. The third-order valence-electron chi connectivity index (χ3n) is 3.12. The predicted molar refractivity (Wildman–Crippen MR) is 89.4 cm³/mol. The molecule has 4 nitrogen and oxygen atoms in total. The summed E-state index contributed by atoms with van der Waals surface area (Å²) in [7, 11) is 1.59. The van der Waals surface area contributed by atoms with E-state index in [-0.39, 0.29) is 5.97 Å². The number of carbonyl (C=O) groups excluding carboxylic acids is 1. The fourth-order valence-corrected chi connectivity index (χ4v) is 2.00. The molecule has 4 heteroatoms. The number of rotatable bonds is 7. The summed E-state index contributed by atoms with van der Waals surface area (Å²) in [6.45, 7) is 2.60. The zero-order chi connectivity index (χ0) is 16.5. The van der Waals surface area contributed by atoms with Crippen LogP contribution in [0.25, 0.3) is 6.08 Å². The number of benzene rings is 2. The van der Waals surface area contributed by atoms with Crippen molar-refractivity contribution in [3.8, 4) is 11.5 Å². The highest BCUT2D eigenvalue weighted by atomic mass is 16.5. The van der Waals surface area contributed by atoms with Crippen LogP contribution < -0.4 is 9.47 Å². The van der Waals surface area contributed by atoms with Gasteiger partial charge in [-0.15, -0.1) is 0 Å². The molecule has 0 N–H and O–H groups in total. The third kappa shape index (κ3) is 5.18. The second kappa shape index (κ2) is 8.63. The average molecular weight is 312 g/mol. The molecule has 0 heterocycles. The summed E-state index contributed by atoms with van der Waals surface area (Å²) < 4.78 is 16.0. The molecule has 2 rings (SSSR count). The highest BCUT2D eigenvalue weighted by Gasteiger charge is 2.05. The van der Waals surface area contributed by atoms with Crippen LogP contribution >= 0.6 is 0 Å². The van der Waals surface area contributed by atoms with Crippen molar-refractivity contribution in [2.24, 2.45) is 0 Å². The van der Waals surface area contributed by atoms with Gasteiger partial charge in [-0.2, -0.15) is 0 Å². The molecular formula is C19H20O4. The van der Waals surface area contributed by atoms with Crippen LogP contribution in [0, 0.1) is 0 Å². The van der Waals surface area contributed by atoms with Crippen molar-refractivity contribution in [3.05, 3.63) is 65.7 Å². The Bertz CT molecular complexity index is 662. The van der Waals surface area contributed by atoms with Gasteiger partial charge in [0.1, 0.15) is 6.61 Å². The number of carbonyl (C=O) groups is 1. The van der Waals surface area contributed by atoms with Crippen LogP contribution in [0.3, 0.4) is 0 Å². The van der Waals surface area contributed by atoms with Crippen LogP contribution in [0.1, 0.15) is 18.1 Å². The van der Waals surface area contributed by atoms with E-state index in [0.29, 0.717) is 24.7 Å². The fourth-order valence-electron chi connectivity index (χ4n) is 2.00.